The minimum atomic E-state index is -3.91. The van der Waals surface area contributed by atoms with Gasteiger partial charge in [0.05, 0.1) is 25.3 Å². The molecule has 1 heterocycles. The molecule has 0 saturated heterocycles. The molecule has 0 atom stereocenters. The van der Waals surface area contributed by atoms with Crippen LogP contribution in [0.2, 0.25) is 0 Å². The second-order valence-electron chi connectivity index (χ2n) is 5.36. The van der Waals surface area contributed by atoms with E-state index in [4.69, 9.17) is 14.6 Å². The Hall–Kier alpha value is -0.930. The highest BCUT2D eigenvalue weighted by Crippen LogP contribution is 2.21. The molecule has 7 nitrogen and oxygen atoms in total. The van der Waals surface area contributed by atoms with Crippen molar-refractivity contribution in [1.82, 2.24) is 10.0 Å². The summed E-state index contributed by atoms with van der Waals surface area (Å²) >= 11 is 0. The minimum Gasteiger partial charge on any atom is -0.447 e. The molecule has 0 aliphatic heterocycles. The van der Waals surface area contributed by atoms with Crippen molar-refractivity contribution in [2.24, 2.45) is 0 Å². The molecule has 20 heavy (non-hydrogen) atoms. The van der Waals surface area contributed by atoms with Gasteiger partial charge < -0.3 is 19.9 Å². The van der Waals surface area contributed by atoms with E-state index in [0.29, 0.717) is 18.3 Å². The van der Waals surface area contributed by atoms with Crippen LogP contribution in [0, 0.1) is 0 Å². The molecule has 0 spiro atoms. The maximum atomic E-state index is 12.1. The maximum Gasteiger partial charge on any atom is 0.274 e. The fraction of sp³-hybridized carbons (Fsp3) is 0.667. The van der Waals surface area contributed by atoms with E-state index in [-0.39, 0.29) is 5.09 Å². The number of hydrogen-bond donors (Lipinski definition) is 4. The number of aliphatic hydroxyl groups is 2. The Labute approximate surface area is 118 Å². The van der Waals surface area contributed by atoms with E-state index >= 15 is 0 Å². The van der Waals surface area contributed by atoms with Crippen LogP contribution in [0.15, 0.2) is 21.6 Å². The molecule has 2 rings (SSSR count). The molecule has 8 heteroatoms. The lowest BCUT2D eigenvalue weighted by Gasteiger charge is -2.24. The van der Waals surface area contributed by atoms with Crippen molar-refractivity contribution in [1.29, 1.82) is 0 Å². The summed E-state index contributed by atoms with van der Waals surface area (Å²) in [4.78, 5) is 0. The smallest absolute Gasteiger partial charge is 0.274 e. The molecule has 1 aromatic heterocycles. The summed E-state index contributed by atoms with van der Waals surface area (Å²) in [6.45, 7) is 0.861. The van der Waals surface area contributed by atoms with Crippen molar-refractivity contribution in [3.8, 4) is 0 Å². The van der Waals surface area contributed by atoms with Crippen LogP contribution in [-0.4, -0.2) is 43.4 Å². The van der Waals surface area contributed by atoms with E-state index in [1.807, 2.05) is 0 Å². The summed E-state index contributed by atoms with van der Waals surface area (Å²) < 4.78 is 31.7. The van der Waals surface area contributed by atoms with Crippen molar-refractivity contribution in [3.05, 3.63) is 17.9 Å². The number of hydrogen-bond acceptors (Lipinski definition) is 6. The predicted octanol–water partition coefficient (Wildman–Crippen LogP) is -0.447. The van der Waals surface area contributed by atoms with E-state index < -0.39 is 28.8 Å². The monoisotopic (exact) mass is 304 g/mol. The molecule has 4 N–H and O–H groups in total. The summed E-state index contributed by atoms with van der Waals surface area (Å²) in [6, 6.07) is 3.46. The first-order chi connectivity index (χ1) is 9.38. The summed E-state index contributed by atoms with van der Waals surface area (Å²) in [5.74, 6) is 0.534. The molecule has 1 fully saturated rings. The molecular formula is C12H20N2O5S. The van der Waals surface area contributed by atoms with Crippen molar-refractivity contribution >= 4 is 10.0 Å². The Morgan fingerprint density at radius 3 is 2.55 bits per heavy atom. The van der Waals surface area contributed by atoms with Gasteiger partial charge in [0.25, 0.3) is 10.0 Å². The molecule has 0 bridgehead atoms. The highest BCUT2D eigenvalue weighted by Gasteiger charge is 2.31. The SMILES string of the molecule is CC(CO)(CO)NS(=O)(=O)c1ccc(CNC2CC2)o1. The van der Waals surface area contributed by atoms with E-state index in [2.05, 4.69) is 10.0 Å². The van der Waals surface area contributed by atoms with Crippen LogP contribution < -0.4 is 10.0 Å². The van der Waals surface area contributed by atoms with Crippen LogP contribution in [0.5, 0.6) is 0 Å². The van der Waals surface area contributed by atoms with Crippen LogP contribution in [0.3, 0.4) is 0 Å². The number of aliphatic hydroxyl groups excluding tert-OH is 2. The van der Waals surface area contributed by atoms with E-state index in [1.54, 1.807) is 6.07 Å². The molecule has 114 valence electrons. The lowest BCUT2D eigenvalue weighted by Crippen LogP contribution is -2.51. The van der Waals surface area contributed by atoms with E-state index in [1.165, 1.54) is 13.0 Å². The summed E-state index contributed by atoms with van der Waals surface area (Å²) in [5, 5.41) is 21.2. The van der Waals surface area contributed by atoms with Gasteiger partial charge in [-0.25, -0.2) is 8.42 Å². The predicted molar refractivity (Wildman–Crippen MR) is 71.5 cm³/mol. The quantitative estimate of drug-likeness (QED) is 0.518. The standard InChI is InChI=1S/C12H20N2O5S/c1-12(7-15,8-16)14-20(17,18)11-5-4-10(19-11)6-13-9-2-3-9/h4-5,9,13-16H,2-3,6-8H2,1H3. The topological polar surface area (TPSA) is 112 Å². The second-order valence-corrected chi connectivity index (χ2v) is 6.97. The minimum absolute atomic E-state index is 0.224. The van der Waals surface area contributed by atoms with Gasteiger partial charge >= 0.3 is 0 Å². The van der Waals surface area contributed by atoms with Gasteiger partial charge in [-0.2, -0.15) is 4.72 Å². The van der Waals surface area contributed by atoms with Crippen molar-refractivity contribution in [2.75, 3.05) is 13.2 Å². The van der Waals surface area contributed by atoms with Gasteiger partial charge in [0.1, 0.15) is 5.76 Å². The first-order valence-electron chi connectivity index (χ1n) is 6.46. The zero-order valence-corrected chi connectivity index (χ0v) is 12.1. The van der Waals surface area contributed by atoms with E-state index in [9.17, 15) is 8.42 Å². The van der Waals surface area contributed by atoms with Crippen molar-refractivity contribution in [2.45, 2.75) is 43.0 Å². The van der Waals surface area contributed by atoms with Crippen molar-refractivity contribution < 1.29 is 23.0 Å². The summed E-state index contributed by atoms with van der Waals surface area (Å²) in [7, 11) is -3.91. The summed E-state index contributed by atoms with van der Waals surface area (Å²) in [5.41, 5.74) is -1.32. The lowest BCUT2D eigenvalue weighted by atomic mass is 10.1. The van der Waals surface area contributed by atoms with Crippen LogP contribution in [0.4, 0.5) is 0 Å². The first-order valence-corrected chi connectivity index (χ1v) is 7.95. The number of nitrogens with one attached hydrogen (secondary N) is 2. The number of rotatable bonds is 8. The highest BCUT2D eigenvalue weighted by atomic mass is 32.2. The Morgan fingerprint density at radius 2 is 2.00 bits per heavy atom. The van der Waals surface area contributed by atoms with Gasteiger partial charge in [-0.3, -0.25) is 0 Å². The molecule has 0 amide bonds. The largest absolute Gasteiger partial charge is 0.447 e. The maximum absolute atomic E-state index is 12.1. The van der Waals surface area contributed by atoms with E-state index in [0.717, 1.165) is 12.8 Å². The molecule has 0 radical (unpaired) electrons. The number of furan rings is 1. The van der Waals surface area contributed by atoms with Crippen LogP contribution in [0.25, 0.3) is 0 Å². The molecule has 1 aliphatic rings. The lowest BCUT2D eigenvalue weighted by molar-refractivity contribution is 0.121. The third-order valence-corrected chi connectivity index (χ3v) is 4.63. The normalized spacial score (nSPS) is 16.6. The zero-order chi connectivity index (χ0) is 14.8. The Balaban J connectivity index is 2.04. The van der Waals surface area contributed by atoms with Crippen LogP contribution in [-0.2, 0) is 16.6 Å². The molecule has 1 aliphatic carbocycles. The molecule has 0 aromatic carbocycles. The molecule has 0 unspecified atom stereocenters. The fourth-order valence-electron chi connectivity index (χ4n) is 1.62. The second kappa shape index (κ2) is 5.82. The van der Waals surface area contributed by atoms with Gasteiger partial charge in [-0.15, -0.1) is 0 Å². The third-order valence-electron chi connectivity index (χ3n) is 3.12. The van der Waals surface area contributed by atoms with Gasteiger partial charge in [-0.1, -0.05) is 0 Å². The Bertz CT molecular complexity index is 546. The Morgan fingerprint density at radius 1 is 1.35 bits per heavy atom. The number of sulfonamides is 1. The first kappa shape index (κ1) is 15.5. The zero-order valence-electron chi connectivity index (χ0n) is 11.3. The van der Waals surface area contributed by atoms with Crippen LogP contribution in [0.1, 0.15) is 25.5 Å². The molecule has 1 aromatic rings. The molecular weight excluding hydrogens is 284 g/mol. The van der Waals surface area contributed by atoms with Gasteiger partial charge in [0.15, 0.2) is 0 Å². The average Bonchev–Trinajstić information content (AvgIpc) is 3.11. The Kier molecular flexibility index (Phi) is 4.50. The highest BCUT2D eigenvalue weighted by molar-refractivity contribution is 7.89. The average molecular weight is 304 g/mol. The van der Waals surface area contributed by atoms with Gasteiger partial charge in [-0.05, 0) is 31.9 Å². The van der Waals surface area contributed by atoms with Gasteiger partial charge in [0, 0.05) is 6.04 Å². The third kappa shape index (κ3) is 3.80. The summed E-state index contributed by atoms with van der Waals surface area (Å²) in [6.07, 6.45) is 2.28. The molecule has 1 saturated carbocycles. The van der Waals surface area contributed by atoms with Gasteiger partial charge in [0.2, 0.25) is 5.09 Å². The van der Waals surface area contributed by atoms with Crippen LogP contribution >= 0.6 is 0 Å². The fourth-order valence-corrected chi connectivity index (χ4v) is 2.96. The van der Waals surface area contributed by atoms with Crippen molar-refractivity contribution in [3.63, 3.8) is 0 Å².